The molecule has 5 heteroatoms. The van der Waals surface area contributed by atoms with Gasteiger partial charge < -0.3 is 9.84 Å². The predicted molar refractivity (Wildman–Crippen MR) is 62.9 cm³/mol. The smallest absolute Gasteiger partial charge is 0.170 e. The molecule has 0 amide bonds. The Morgan fingerprint density at radius 2 is 2.00 bits per heavy atom. The lowest BCUT2D eigenvalue weighted by atomic mass is 10.1. The van der Waals surface area contributed by atoms with Crippen LogP contribution in [0.4, 0.5) is 0 Å². The molecule has 0 radical (unpaired) electrons. The van der Waals surface area contributed by atoms with Gasteiger partial charge in [-0.15, -0.1) is 0 Å². The van der Waals surface area contributed by atoms with Gasteiger partial charge in [0.05, 0.1) is 11.9 Å². The Bertz CT molecular complexity index is 319. The fourth-order valence-corrected chi connectivity index (χ4v) is 1.99. The van der Waals surface area contributed by atoms with Gasteiger partial charge in [-0.1, -0.05) is 40.2 Å². The van der Waals surface area contributed by atoms with Crippen LogP contribution in [-0.4, -0.2) is 25.6 Å². The van der Waals surface area contributed by atoms with E-state index in [0.717, 1.165) is 11.1 Å². The number of halogens is 1. The fourth-order valence-electron chi connectivity index (χ4n) is 1.33. The molecule has 1 aromatic carbocycles. The molecule has 4 nitrogen and oxygen atoms in total. The molecule has 1 N–H and O–H groups in total. The van der Waals surface area contributed by atoms with Crippen LogP contribution in [0.25, 0.3) is 0 Å². The highest BCUT2D eigenvalue weighted by Crippen LogP contribution is 2.30. The van der Waals surface area contributed by atoms with Gasteiger partial charge in [-0.25, -0.2) is 9.78 Å². The number of rotatable bonds is 6. The summed E-state index contributed by atoms with van der Waals surface area (Å²) in [7, 11) is 2.91. The number of benzene rings is 1. The van der Waals surface area contributed by atoms with E-state index in [9.17, 15) is 5.11 Å². The van der Waals surface area contributed by atoms with Crippen molar-refractivity contribution in [1.82, 2.24) is 0 Å². The van der Waals surface area contributed by atoms with Crippen LogP contribution in [0.1, 0.15) is 16.0 Å². The Morgan fingerprint density at radius 1 is 1.31 bits per heavy atom. The summed E-state index contributed by atoms with van der Waals surface area (Å²) in [6.45, 7) is 0.325. The first-order chi connectivity index (χ1) is 7.70. The molecule has 0 aliphatic heterocycles. The van der Waals surface area contributed by atoms with E-state index in [4.69, 9.17) is 9.62 Å². The van der Waals surface area contributed by atoms with Gasteiger partial charge in [0.25, 0.3) is 0 Å². The van der Waals surface area contributed by atoms with E-state index < -0.39 is 6.29 Å². The Labute approximate surface area is 103 Å². The van der Waals surface area contributed by atoms with Crippen LogP contribution in [0.15, 0.2) is 24.3 Å². The zero-order valence-electron chi connectivity index (χ0n) is 9.22. The minimum Gasteiger partial charge on any atom is -0.367 e. The summed E-state index contributed by atoms with van der Waals surface area (Å²) in [6, 6.07) is 7.60. The zero-order valence-corrected chi connectivity index (χ0v) is 10.8. The van der Waals surface area contributed by atoms with Gasteiger partial charge in [0.1, 0.15) is 6.61 Å². The van der Waals surface area contributed by atoms with Crippen molar-refractivity contribution in [3.63, 3.8) is 0 Å². The van der Waals surface area contributed by atoms with Crippen LogP contribution in [-0.2, 0) is 21.1 Å². The number of ether oxygens (including phenoxy) is 1. The summed E-state index contributed by atoms with van der Waals surface area (Å²) in [5.41, 5.74) is 1.84. The summed E-state index contributed by atoms with van der Waals surface area (Å²) in [4.78, 5) is 9.14. The first kappa shape index (κ1) is 13.6. The summed E-state index contributed by atoms with van der Waals surface area (Å²) >= 11 is 3.38. The van der Waals surface area contributed by atoms with Crippen molar-refractivity contribution < 1.29 is 19.6 Å². The topological polar surface area (TPSA) is 47.9 Å². The molecule has 0 heterocycles. The molecule has 16 heavy (non-hydrogen) atoms. The second-order valence-electron chi connectivity index (χ2n) is 3.16. The molecule has 2 atom stereocenters. The lowest BCUT2D eigenvalue weighted by molar-refractivity contribution is -0.282. The van der Waals surface area contributed by atoms with Gasteiger partial charge in [-0.05, 0) is 11.1 Å². The molecule has 0 fully saturated rings. The van der Waals surface area contributed by atoms with Gasteiger partial charge in [0.15, 0.2) is 6.29 Å². The summed E-state index contributed by atoms with van der Waals surface area (Å²) in [5.74, 6) is 0. The quantitative estimate of drug-likeness (QED) is 0.378. The van der Waals surface area contributed by atoms with Crippen LogP contribution < -0.4 is 0 Å². The van der Waals surface area contributed by atoms with Crippen molar-refractivity contribution >= 4 is 15.9 Å². The molecule has 0 bridgehead atoms. The van der Waals surface area contributed by atoms with Crippen LogP contribution in [0, 0.1) is 0 Å². The lowest BCUT2D eigenvalue weighted by Gasteiger charge is -2.18. The Balaban J connectivity index is 2.84. The van der Waals surface area contributed by atoms with Crippen LogP contribution >= 0.6 is 15.9 Å². The van der Waals surface area contributed by atoms with Crippen molar-refractivity contribution in [2.24, 2.45) is 0 Å². The lowest BCUT2D eigenvalue weighted by Crippen LogP contribution is -2.17. The van der Waals surface area contributed by atoms with Gasteiger partial charge in [-0.3, -0.25) is 0 Å². The highest BCUT2D eigenvalue weighted by molar-refractivity contribution is 9.09. The highest BCUT2D eigenvalue weighted by atomic mass is 79.9. The Kier molecular flexibility index (Phi) is 5.94. The second-order valence-corrected chi connectivity index (χ2v) is 4.14. The van der Waals surface area contributed by atoms with E-state index in [2.05, 4.69) is 20.8 Å². The molecule has 90 valence electrons. The van der Waals surface area contributed by atoms with E-state index in [-0.39, 0.29) is 4.83 Å². The third kappa shape index (κ3) is 3.54. The van der Waals surface area contributed by atoms with Gasteiger partial charge >= 0.3 is 0 Å². The molecule has 0 aliphatic carbocycles. The molecule has 1 rings (SSSR count). The summed E-state index contributed by atoms with van der Waals surface area (Å²) in [6.07, 6.45) is -0.899. The Morgan fingerprint density at radius 3 is 2.62 bits per heavy atom. The first-order valence-electron chi connectivity index (χ1n) is 4.79. The minimum absolute atomic E-state index is 0.297. The van der Waals surface area contributed by atoms with Crippen molar-refractivity contribution in [3.8, 4) is 0 Å². The van der Waals surface area contributed by atoms with Crippen LogP contribution in [0.3, 0.4) is 0 Å². The number of hydrogen-bond acceptors (Lipinski definition) is 4. The van der Waals surface area contributed by atoms with Crippen molar-refractivity contribution in [2.75, 3.05) is 14.2 Å². The van der Waals surface area contributed by atoms with Crippen molar-refractivity contribution in [3.05, 3.63) is 35.4 Å². The predicted octanol–water partition coefficient (Wildman–Crippen LogP) is 2.17. The average molecular weight is 291 g/mol. The second kappa shape index (κ2) is 6.98. The monoisotopic (exact) mass is 290 g/mol. The number of alkyl halides is 1. The van der Waals surface area contributed by atoms with E-state index >= 15 is 0 Å². The number of aliphatic hydroxyl groups excluding tert-OH is 1. The summed E-state index contributed by atoms with van der Waals surface area (Å²) < 4.78 is 4.86. The fraction of sp³-hybridized carbons (Fsp3) is 0.455. The normalized spacial score (nSPS) is 14.8. The maximum absolute atomic E-state index is 9.59. The molecular formula is C11H15BrO4. The van der Waals surface area contributed by atoms with E-state index in [1.54, 1.807) is 0 Å². The molecule has 0 spiro atoms. The molecular weight excluding hydrogens is 276 g/mol. The van der Waals surface area contributed by atoms with Gasteiger partial charge in [0.2, 0.25) is 0 Å². The van der Waals surface area contributed by atoms with Gasteiger partial charge in [0, 0.05) is 7.11 Å². The number of hydrogen-bond donors (Lipinski definition) is 1. The maximum Gasteiger partial charge on any atom is 0.170 e. The van der Waals surface area contributed by atoms with Crippen molar-refractivity contribution in [1.29, 1.82) is 0 Å². The third-order valence-corrected chi connectivity index (χ3v) is 3.12. The minimum atomic E-state index is -0.899. The molecule has 0 saturated carbocycles. The number of methoxy groups -OCH3 is 1. The Hall–Kier alpha value is -0.460. The van der Waals surface area contributed by atoms with Gasteiger partial charge in [-0.2, -0.15) is 0 Å². The molecule has 1 aromatic rings. The first-order valence-corrected chi connectivity index (χ1v) is 5.70. The average Bonchev–Trinajstić information content (AvgIpc) is 2.34. The zero-order chi connectivity index (χ0) is 12.0. The van der Waals surface area contributed by atoms with Crippen LogP contribution in [0.5, 0.6) is 0 Å². The SMILES string of the molecule is COOCc1ccccc1C(Br)C(O)OC. The number of aliphatic hydroxyl groups is 1. The maximum atomic E-state index is 9.59. The molecule has 2 unspecified atom stereocenters. The molecule has 0 aromatic heterocycles. The molecule has 0 saturated heterocycles. The van der Waals surface area contributed by atoms with Crippen LogP contribution in [0.2, 0.25) is 0 Å². The van der Waals surface area contributed by atoms with E-state index in [0.29, 0.717) is 6.61 Å². The van der Waals surface area contributed by atoms with E-state index in [1.165, 1.54) is 14.2 Å². The largest absolute Gasteiger partial charge is 0.367 e. The third-order valence-electron chi connectivity index (χ3n) is 2.18. The van der Waals surface area contributed by atoms with Crippen molar-refractivity contribution in [2.45, 2.75) is 17.7 Å². The highest BCUT2D eigenvalue weighted by Gasteiger charge is 2.20. The molecule has 0 aliphatic rings. The standard InChI is InChI=1S/C11H15BrO4/c1-14-11(13)10(12)9-6-4-3-5-8(9)7-16-15-2/h3-6,10-11,13H,7H2,1-2H3. The summed E-state index contributed by atoms with van der Waals surface area (Å²) in [5, 5.41) is 9.59. The van der Waals surface area contributed by atoms with E-state index in [1.807, 2.05) is 24.3 Å².